The van der Waals surface area contributed by atoms with Gasteiger partial charge in [-0.3, -0.25) is 0 Å². The fraction of sp³-hybridized carbons (Fsp3) is 0.714. The Morgan fingerprint density at radius 2 is 2.27 bits per heavy atom. The Morgan fingerprint density at radius 3 is 2.64 bits per heavy atom. The lowest BCUT2D eigenvalue weighted by molar-refractivity contribution is 0.0571. The van der Waals surface area contributed by atoms with Crippen LogP contribution in [-0.2, 0) is 6.54 Å². The molecule has 0 spiro atoms. The zero-order valence-corrected chi connectivity index (χ0v) is 7.07. The number of hydrogen-bond donors (Lipinski definition) is 1. The molecule has 0 atom stereocenters. The third kappa shape index (κ3) is 2.67. The maximum absolute atomic E-state index is 9.39. The second kappa shape index (κ2) is 2.62. The number of aromatic nitrogens is 3. The van der Waals surface area contributed by atoms with Crippen molar-refractivity contribution in [2.24, 2.45) is 0 Å². The zero-order valence-electron chi connectivity index (χ0n) is 7.07. The molecule has 0 amide bonds. The van der Waals surface area contributed by atoms with Gasteiger partial charge in [0.05, 0.1) is 17.8 Å². The van der Waals surface area contributed by atoms with E-state index < -0.39 is 5.60 Å². The Labute approximate surface area is 65.8 Å². The van der Waals surface area contributed by atoms with Crippen LogP contribution in [0.4, 0.5) is 0 Å². The molecule has 0 aliphatic carbocycles. The van der Waals surface area contributed by atoms with Gasteiger partial charge in [0.2, 0.25) is 0 Å². The van der Waals surface area contributed by atoms with Crippen LogP contribution in [0.15, 0.2) is 6.20 Å². The van der Waals surface area contributed by atoms with E-state index in [0.717, 1.165) is 5.69 Å². The predicted octanol–water partition coefficient (Wildman–Crippen LogP) is 0.357. The summed E-state index contributed by atoms with van der Waals surface area (Å²) in [6.07, 6.45) is 1.80. The lowest BCUT2D eigenvalue weighted by Gasteiger charge is -2.15. The lowest BCUT2D eigenvalue weighted by Crippen LogP contribution is -2.26. The van der Waals surface area contributed by atoms with Gasteiger partial charge in [-0.15, -0.1) is 5.10 Å². The van der Waals surface area contributed by atoms with Crippen LogP contribution in [0.1, 0.15) is 19.5 Å². The summed E-state index contributed by atoms with van der Waals surface area (Å²) in [4.78, 5) is 0. The Hall–Kier alpha value is -0.900. The van der Waals surface area contributed by atoms with Crippen molar-refractivity contribution in [3.05, 3.63) is 11.9 Å². The molecule has 0 bridgehead atoms. The van der Waals surface area contributed by atoms with Crippen molar-refractivity contribution in [3.8, 4) is 0 Å². The SMILES string of the molecule is Cc1cn(CC(C)(C)O)nn1. The molecule has 0 radical (unpaired) electrons. The van der Waals surface area contributed by atoms with E-state index in [4.69, 9.17) is 0 Å². The highest BCUT2D eigenvalue weighted by atomic mass is 16.3. The van der Waals surface area contributed by atoms with E-state index in [1.165, 1.54) is 0 Å². The zero-order chi connectivity index (χ0) is 8.48. The molecule has 0 saturated heterocycles. The summed E-state index contributed by atoms with van der Waals surface area (Å²) in [7, 11) is 0. The summed E-state index contributed by atoms with van der Waals surface area (Å²) in [6.45, 7) is 5.83. The molecule has 0 aromatic carbocycles. The predicted molar refractivity (Wildman–Crippen MR) is 41.1 cm³/mol. The minimum absolute atomic E-state index is 0.480. The van der Waals surface area contributed by atoms with Crippen molar-refractivity contribution < 1.29 is 5.11 Å². The van der Waals surface area contributed by atoms with E-state index in [-0.39, 0.29) is 0 Å². The van der Waals surface area contributed by atoms with Crippen LogP contribution in [-0.4, -0.2) is 25.7 Å². The summed E-state index contributed by atoms with van der Waals surface area (Å²) in [5.74, 6) is 0. The molecule has 0 aliphatic rings. The maximum atomic E-state index is 9.39. The highest BCUT2D eigenvalue weighted by molar-refractivity contribution is 4.87. The van der Waals surface area contributed by atoms with Gasteiger partial charge in [-0.25, -0.2) is 4.68 Å². The third-order valence-corrected chi connectivity index (χ3v) is 1.20. The molecule has 62 valence electrons. The highest BCUT2D eigenvalue weighted by Gasteiger charge is 2.13. The molecular weight excluding hydrogens is 142 g/mol. The van der Waals surface area contributed by atoms with Gasteiger partial charge in [-0.1, -0.05) is 5.21 Å². The average molecular weight is 155 g/mol. The third-order valence-electron chi connectivity index (χ3n) is 1.20. The lowest BCUT2D eigenvalue weighted by atomic mass is 10.1. The van der Waals surface area contributed by atoms with Crippen molar-refractivity contribution in [2.75, 3.05) is 0 Å². The first-order valence-corrected chi connectivity index (χ1v) is 3.56. The summed E-state index contributed by atoms with van der Waals surface area (Å²) in [5, 5.41) is 17.0. The quantitative estimate of drug-likeness (QED) is 0.670. The van der Waals surface area contributed by atoms with Crippen molar-refractivity contribution in [1.82, 2.24) is 15.0 Å². The van der Waals surface area contributed by atoms with Gasteiger partial charge in [0.1, 0.15) is 0 Å². The maximum Gasteiger partial charge on any atom is 0.0796 e. The summed E-state index contributed by atoms with van der Waals surface area (Å²) in [6, 6.07) is 0. The van der Waals surface area contributed by atoms with E-state index in [1.807, 2.05) is 6.92 Å². The molecule has 4 heteroatoms. The van der Waals surface area contributed by atoms with Crippen LogP contribution in [0.2, 0.25) is 0 Å². The van der Waals surface area contributed by atoms with Crippen LogP contribution < -0.4 is 0 Å². The van der Waals surface area contributed by atoms with Gasteiger partial charge in [-0.2, -0.15) is 0 Å². The van der Waals surface area contributed by atoms with Crippen LogP contribution in [0.5, 0.6) is 0 Å². The molecule has 1 aromatic heterocycles. The topological polar surface area (TPSA) is 50.9 Å². The number of aryl methyl sites for hydroxylation is 1. The molecule has 1 heterocycles. The van der Waals surface area contributed by atoms with Crippen molar-refractivity contribution in [3.63, 3.8) is 0 Å². The van der Waals surface area contributed by atoms with Gasteiger partial charge in [0, 0.05) is 6.20 Å². The normalized spacial score (nSPS) is 12.0. The van der Waals surface area contributed by atoms with Crippen molar-refractivity contribution >= 4 is 0 Å². The Morgan fingerprint density at radius 1 is 1.64 bits per heavy atom. The van der Waals surface area contributed by atoms with Crippen molar-refractivity contribution in [2.45, 2.75) is 32.9 Å². The summed E-state index contributed by atoms with van der Waals surface area (Å²) in [5.41, 5.74) is 0.148. The second-order valence-electron chi connectivity index (χ2n) is 3.37. The molecule has 0 fully saturated rings. The smallest absolute Gasteiger partial charge is 0.0796 e. The first kappa shape index (κ1) is 8.20. The first-order chi connectivity index (χ1) is 4.97. The molecule has 0 saturated carbocycles. The fourth-order valence-corrected chi connectivity index (χ4v) is 0.869. The molecule has 0 aliphatic heterocycles. The standard InChI is InChI=1S/C7H13N3O/c1-6-4-10(9-8-6)5-7(2,3)11/h4,11H,5H2,1-3H3. The molecule has 1 N–H and O–H groups in total. The summed E-state index contributed by atoms with van der Waals surface area (Å²) < 4.78 is 1.63. The van der Waals surface area contributed by atoms with E-state index in [2.05, 4.69) is 10.3 Å². The number of rotatable bonds is 2. The van der Waals surface area contributed by atoms with Crippen LogP contribution in [0.3, 0.4) is 0 Å². The monoisotopic (exact) mass is 155 g/mol. The Balaban J connectivity index is 2.65. The largest absolute Gasteiger partial charge is 0.389 e. The molecule has 1 rings (SSSR count). The van der Waals surface area contributed by atoms with Gasteiger partial charge < -0.3 is 5.11 Å². The number of aliphatic hydroxyl groups is 1. The molecule has 1 aromatic rings. The van der Waals surface area contributed by atoms with E-state index in [1.54, 1.807) is 24.7 Å². The summed E-state index contributed by atoms with van der Waals surface area (Å²) >= 11 is 0. The minimum Gasteiger partial charge on any atom is -0.389 e. The Kier molecular flexibility index (Phi) is 1.95. The first-order valence-electron chi connectivity index (χ1n) is 3.56. The van der Waals surface area contributed by atoms with E-state index in [0.29, 0.717) is 6.54 Å². The van der Waals surface area contributed by atoms with Crippen molar-refractivity contribution in [1.29, 1.82) is 0 Å². The number of hydrogen-bond acceptors (Lipinski definition) is 3. The van der Waals surface area contributed by atoms with Crippen LogP contribution >= 0.6 is 0 Å². The van der Waals surface area contributed by atoms with Crippen LogP contribution in [0.25, 0.3) is 0 Å². The molecular formula is C7H13N3O. The van der Waals surface area contributed by atoms with Gasteiger partial charge in [-0.05, 0) is 20.8 Å². The van der Waals surface area contributed by atoms with Gasteiger partial charge >= 0.3 is 0 Å². The van der Waals surface area contributed by atoms with Gasteiger partial charge in [0.25, 0.3) is 0 Å². The highest BCUT2D eigenvalue weighted by Crippen LogP contribution is 2.04. The molecule has 4 nitrogen and oxygen atoms in total. The Bertz CT molecular complexity index is 236. The van der Waals surface area contributed by atoms with E-state index >= 15 is 0 Å². The molecule has 0 unspecified atom stereocenters. The average Bonchev–Trinajstić information content (AvgIpc) is 2.10. The molecule has 11 heavy (non-hydrogen) atoms. The minimum atomic E-state index is -0.722. The van der Waals surface area contributed by atoms with E-state index in [9.17, 15) is 5.11 Å². The number of nitrogens with zero attached hydrogens (tertiary/aromatic N) is 3. The fourth-order valence-electron chi connectivity index (χ4n) is 0.869. The van der Waals surface area contributed by atoms with Gasteiger partial charge in [0.15, 0.2) is 0 Å². The van der Waals surface area contributed by atoms with Crippen LogP contribution in [0, 0.1) is 6.92 Å². The second-order valence-corrected chi connectivity index (χ2v) is 3.37.